The van der Waals surface area contributed by atoms with Crippen LogP contribution in [0.15, 0.2) is 42.9 Å². The Balaban J connectivity index is 1.56. The summed E-state index contributed by atoms with van der Waals surface area (Å²) in [4.78, 5) is 24.9. The van der Waals surface area contributed by atoms with Gasteiger partial charge in [-0.2, -0.15) is 0 Å². The highest BCUT2D eigenvalue weighted by Gasteiger charge is 2.34. The Bertz CT molecular complexity index is 669. The zero-order valence-corrected chi connectivity index (χ0v) is 14.1. The average molecular weight is 326 g/mol. The first kappa shape index (κ1) is 16.4. The minimum absolute atomic E-state index is 0.0290. The van der Waals surface area contributed by atoms with Crippen LogP contribution in [0, 0.1) is 0 Å². The second kappa shape index (κ2) is 7.40. The number of rotatable bonds is 6. The van der Waals surface area contributed by atoms with Gasteiger partial charge in [-0.05, 0) is 30.3 Å². The average Bonchev–Trinajstić information content (AvgIpc) is 2.60. The van der Waals surface area contributed by atoms with E-state index in [0.29, 0.717) is 17.5 Å². The van der Waals surface area contributed by atoms with Gasteiger partial charge in [0.15, 0.2) is 0 Å². The highest BCUT2D eigenvalue weighted by molar-refractivity contribution is 5.94. The molecule has 0 aromatic carbocycles. The van der Waals surface area contributed by atoms with Gasteiger partial charge in [-0.25, -0.2) is 4.98 Å². The summed E-state index contributed by atoms with van der Waals surface area (Å²) in [6.45, 7) is 5.50. The molecule has 1 aliphatic heterocycles. The van der Waals surface area contributed by atoms with Gasteiger partial charge < -0.3 is 9.64 Å². The van der Waals surface area contributed by atoms with Gasteiger partial charge in [-0.3, -0.25) is 14.7 Å². The number of nitrogens with zero attached hydrogens (tertiary/aromatic N) is 4. The van der Waals surface area contributed by atoms with E-state index in [-0.39, 0.29) is 5.91 Å². The highest BCUT2D eigenvalue weighted by atomic mass is 16.5. The lowest BCUT2D eigenvalue weighted by atomic mass is 10.0. The van der Waals surface area contributed by atoms with Gasteiger partial charge in [0.05, 0.1) is 12.7 Å². The van der Waals surface area contributed by atoms with E-state index in [1.807, 2.05) is 29.4 Å². The lowest BCUT2D eigenvalue weighted by molar-refractivity contribution is 0.0253. The maximum atomic E-state index is 12.5. The van der Waals surface area contributed by atoms with Crippen LogP contribution < -0.4 is 4.74 Å². The molecule has 0 spiro atoms. The summed E-state index contributed by atoms with van der Waals surface area (Å²) >= 11 is 0. The quantitative estimate of drug-likeness (QED) is 0.810. The van der Waals surface area contributed by atoms with Gasteiger partial charge in [0, 0.05) is 50.3 Å². The highest BCUT2D eigenvalue weighted by Crippen LogP contribution is 2.20. The molecule has 24 heavy (non-hydrogen) atoms. The molecule has 1 amide bonds. The van der Waals surface area contributed by atoms with Crippen molar-refractivity contribution in [3.8, 4) is 5.88 Å². The number of aromatic nitrogens is 2. The molecular formula is C18H22N4O2. The first-order chi connectivity index (χ1) is 11.7. The fourth-order valence-corrected chi connectivity index (χ4v) is 2.88. The van der Waals surface area contributed by atoms with Crippen LogP contribution in [0.1, 0.15) is 22.8 Å². The van der Waals surface area contributed by atoms with Crippen molar-refractivity contribution in [2.45, 2.75) is 19.5 Å². The molecule has 0 bridgehead atoms. The molecule has 6 heteroatoms. The smallest absolute Gasteiger partial charge is 0.255 e. The van der Waals surface area contributed by atoms with Crippen molar-refractivity contribution in [1.29, 1.82) is 0 Å². The fourth-order valence-electron chi connectivity index (χ4n) is 2.88. The third-order valence-corrected chi connectivity index (χ3v) is 4.40. The summed E-state index contributed by atoms with van der Waals surface area (Å²) in [7, 11) is 1.56. The van der Waals surface area contributed by atoms with E-state index >= 15 is 0 Å². The molecule has 126 valence electrons. The minimum atomic E-state index is 0.0290. The van der Waals surface area contributed by atoms with Gasteiger partial charge in [-0.1, -0.05) is 6.92 Å². The molecule has 1 aliphatic rings. The topological polar surface area (TPSA) is 58.6 Å². The molecular weight excluding hydrogens is 304 g/mol. The largest absolute Gasteiger partial charge is 0.481 e. The van der Waals surface area contributed by atoms with Crippen molar-refractivity contribution in [2.24, 2.45) is 0 Å². The molecule has 1 fully saturated rings. The summed E-state index contributed by atoms with van der Waals surface area (Å²) in [5.74, 6) is 0.545. The summed E-state index contributed by atoms with van der Waals surface area (Å²) in [5, 5.41) is 0. The molecule has 0 N–H and O–H groups in total. The number of ether oxygens (including phenoxy) is 1. The monoisotopic (exact) mass is 326 g/mol. The second-order valence-electron chi connectivity index (χ2n) is 5.87. The standard InChI is InChI=1S/C18H22N4O2/c1-3-21(11-14-6-8-19-9-7-14)16-12-22(13-16)18(23)15-4-5-17(24-2)20-10-15/h4-10,16H,3,11-13H2,1-2H3. The van der Waals surface area contributed by atoms with Crippen molar-refractivity contribution in [3.63, 3.8) is 0 Å². The summed E-state index contributed by atoms with van der Waals surface area (Å²) < 4.78 is 5.02. The molecule has 0 saturated carbocycles. The molecule has 1 saturated heterocycles. The Morgan fingerprint density at radius 2 is 2.04 bits per heavy atom. The number of carbonyl (C=O) groups is 1. The van der Waals surface area contributed by atoms with E-state index in [2.05, 4.69) is 21.8 Å². The van der Waals surface area contributed by atoms with Gasteiger partial charge in [-0.15, -0.1) is 0 Å². The van der Waals surface area contributed by atoms with Crippen LogP contribution >= 0.6 is 0 Å². The number of likely N-dealkylation sites (tertiary alicyclic amines) is 1. The maximum Gasteiger partial charge on any atom is 0.255 e. The van der Waals surface area contributed by atoms with Crippen molar-refractivity contribution >= 4 is 5.91 Å². The number of pyridine rings is 2. The van der Waals surface area contributed by atoms with Gasteiger partial charge in [0.1, 0.15) is 0 Å². The molecule has 0 radical (unpaired) electrons. The van der Waals surface area contributed by atoms with Crippen LogP contribution in [0.2, 0.25) is 0 Å². The maximum absolute atomic E-state index is 12.5. The van der Waals surface area contributed by atoms with Crippen molar-refractivity contribution < 1.29 is 9.53 Å². The van der Waals surface area contributed by atoms with Gasteiger partial charge in [0.25, 0.3) is 5.91 Å². The van der Waals surface area contributed by atoms with E-state index in [0.717, 1.165) is 26.2 Å². The number of likely N-dealkylation sites (N-methyl/N-ethyl adjacent to an activating group) is 1. The van der Waals surface area contributed by atoms with E-state index in [9.17, 15) is 4.79 Å². The third kappa shape index (κ3) is 3.54. The van der Waals surface area contributed by atoms with Crippen molar-refractivity contribution in [3.05, 3.63) is 54.0 Å². The molecule has 0 aliphatic carbocycles. The van der Waals surface area contributed by atoms with Crippen LogP contribution in [0.3, 0.4) is 0 Å². The van der Waals surface area contributed by atoms with Crippen LogP contribution in [0.25, 0.3) is 0 Å². The van der Waals surface area contributed by atoms with Crippen LogP contribution in [0.4, 0.5) is 0 Å². The minimum Gasteiger partial charge on any atom is -0.481 e. The van der Waals surface area contributed by atoms with Crippen LogP contribution in [-0.2, 0) is 6.54 Å². The van der Waals surface area contributed by atoms with E-state index in [1.165, 1.54) is 5.56 Å². The van der Waals surface area contributed by atoms with E-state index in [1.54, 1.807) is 25.4 Å². The zero-order valence-electron chi connectivity index (χ0n) is 14.1. The summed E-state index contributed by atoms with van der Waals surface area (Å²) in [6, 6.07) is 7.95. The number of hydrogen-bond acceptors (Lipinski definition) is 5. The summed E-state index contributed by atoms with van der Waals surface area (Å²) in [5.41, 5.74) is 1.85. The van der Waals surface area contributed by atoms with Crippen LogP contribution in [0.5, 0.6) is 5.88 Å². The molecule has 3 heterocycles. The summed E-state index contributed by atoms with van der Waals surface area (Å²) in [6.07, 6.45) is 5.20. The Hall–Kier alpha value is -2.47. The number of carbonyl (C=O) groups excluding carboxylic acids is 1. The van der Waals surface area contributed by atoms with Gasteiger partial charge >= 0.3 is 0 Å². The molecule has 0 unspecified atom stereocenters. The molecule has 2 aromatic rings. The zero-order chi connectivity index (χ0) is 16.9. The molecule has 0 atom stereocenters. The van der Waals surface area contributed by atoms with Crippen LogP contribution in [-0.4, -0.2) is 58.5 Å². The molecule has 3 rings (SSSR count). The van der Waals surface area contributed by atoms with E-state index < -0.39 is 0 Å². The van der Waals surface area contributed by atoms with Gasteiger partial charge in [0.2, 0.25) is 5.88 Å². The predicted octanol–water partition coefficient (Wildman–Crippen LogP) is 1.83. The Kier molecular flexibility index (Phi) is 5.05. The normalized spacial score (nSPS) is 14.5. The first-order valence-corrected chi connectivity index (χ1v) is 8.13. The SMILES string of the molecule is CCN(Cc1ccncc1)C1CN(C(=O)c2ccc(OC)nc2)C1. The number of amides is 1. The predicted molar refractivity (Wildman–Crippen MR) is 90.8 cm³/mol. The Labute approximate surface area is 142 Å². The Morgan fingerprint density at radius 3 is 2.62 bits per heavy atom. The lowest BCUT2D eigenvalue weighted by Gasteiger charge is -2.45. The lowest BCUT2D eigenvalue weighted by Crippen LogP contribution is -2.60. The number of hydrogen-bond donors (Lipinski definition) is 0. The fraction of sp³-hybridized carbons (Fsp3) is 0.389. The third-order valence-electron chi connectivity index (χ3n) is 4.40. The molecule has 6 nitrogen and oxygen atoms in total. The first-order valence-electron chi connectivity index (χ1n) is 8.13. The second-order valence-corrected chi connectivity index (χ2v) is 5.87. The van der Waals surface area contributed by atoms with E-state index in [4.69, 9.17) is 4.74 Å². The Morgan fingerprint density at radius 1 is 1.29 bits per heavy atom. The van der Waals surface area contributed by atoms with Crippen molar-refractivity contribution in [1.82, 2.24) is 19.8 Å². The number of methoxy groups -OCH3 is 1. The molecule has 2 aromatic heterocycles. The van der Waals surface area contributed by atoms with Crippen molar-refractivity contribution in [2.75, 3.05) is 26.7 Å².